The van der Waals surface area contributed by atoms with E-state index in [-0.39, 0.29) is 24.9 Å². The van der Waals surface area contributed by atoms with Crippen molar-refractivity contribution in [2.24, 2.45) is 0 Å². The minimum atomic E-state index is -0.427. The number of carbonyl (C=O) groups is 3. The molecule has 1 aromatic heterocycles. The zero-order valence-corrected chi connectivity index (χ0v) is 21.5. The number of fused-ring (bicyclic) bond motifs is 2. The average Bonchev–Trinajstić information content (AvgIpc) is 3.35. The number of likely N-dealkylation sites (N-methyl/N-ethyl adjacent to an activating group) is 1. The average molecular weight is 501 g/mol. The predicted molar refractivity (Wildman–Crippen MR) is 138 cm³/mol. The van der Waals surface area contributed by atoms with E-state index in [2.05, 4.69) is 24.8 Å². The summed E-state index contributed by atoms with van der Waals surface area (Å²) in [5.41, 5.74) is 3.81. The van der Waals surface area contributed by atoms with E-state index in [0.717, 1.165) is 39.3 Å². The molecule has 0 N–H and O–H groups in total. The van der Waals surface area contributed by atoms with Crippen LogP contribution in [0.1, 0.15) is 45.7 Å². The zero-order valence-electron chi connectivity index (χ0n) is 19.8. The summed E-state index contributed by atoms with van der Waals surface area (Å²) in [5.74, 6) is -1.17. The van der Waals surface area contributed by atoms with Gasteiger partial charge >= 0.3 is 0 Å². The van der Waals surface area contributed by atoms with E-state index in [1.165, 1.54) is 11.3 Å². The number of benzene rings is 2. The number of aryl methyl sites for hydroxylation is 2. The fourth-order valence-electron chi connectivity index (χ4n) is 4.04. The van der Waals surface area contributed by atoms with E-state index >= 15 is 0 Å². The standard InChI is InChI=1S/C25H28N4O3S.ClH/c1-5-27(6-2)13-14-28(25-26-22-17(4)16(3)11-12-20(22)33-25)21(30)15-29-23(31)18-9-7-8-10-19(18)24(29)32;/h7-12H,5-6,13-15H2,1-4H3;1H. The Balaban J connectivity index is 0.00000324. The Kier molecular flexibility index (Phi) is 8.07. The van der Waals surface area contributed by atoms with Crippen molar-refractivity contribution in [1.82, 2.24) is 14.8 Å². The number of imide groups is 1. The van der Waals surface area contributed by atoms with Gasteiger partial charge in [0.2, 0.25) is 5.91 Å². The first kappa shape index (κ1) is 25.8. The number of thiazole rings is 1. The smallest absolute Gasteiger partial charge is 0.262 e. The van der Waals surface area contributed by atoms with Crippen LogP contribution in [0.3, 0.4) is 0 Å². The van der Waals surface area contributed by atoms with Gasteiger partial charge in [-0.15, -0.1) is 12.4 Å². The summed E-state index contributed by atoms with van der Waals surface area (Å²) in [7, 11) is 0. The van der Waals surface area contributed by atoms with Crippen LogP contribution in [0.5, 0.6) is 0 Å². The van der Waals surface area contributed by atoms with Crippen LogP contribution in [0, 0.1) is 13.8 Å². The summed E-state index contributed by atoms with van der Waals surface area (Å²) in [6.45, 7) is 10.8. The highest BCUT2D eigenvalue weighted by Crippen LogP contribution is 2.32. The number of halogens is 1. The van der Waals surface area contributed by atoms with Crippen molar-refractivity contribution >= 4 is 56.8 Å². The number of carbonyl (C=O) groups excluding carboxylic acids is 3. The van der Waals surface area contributed by atoms with E-state index in [1.54, 1.807) is 29.2 Å². The molecule has 34 heavy (non-hydrogen) atoms. The summed E-state index contributed by atoms with van der Waals surface area (Å²) in [6, 6.07) is 10.8. The molecule has 180 valence electrons. The maximum absolute atomic E-state index is 13.5. The Bertz CT molecular complexity index is 1200. The highest BCUT2D eigenvalue weighted by Gasteiger charge is 2.37. The van der Waals surface area contributed by atoms with E-state index in [9.17, 15) is 14.4 Å². The van der Waals surface area contributed by atoms with Gasteiger partial charge in [-0.1, -0.05) is 43.4 Å². The summed E-state index contributed by atoms with van der Waals surface area (Å²) in [4.78, 5) is 48.8. The molecule has 3 amide bonds. The number of hydrogen-bond donors (Lipinski definition) is 0. The normalized spacial score (nSPS) is 12.9. The molecule has 9 heteroatoms. The molecule has 1 aliphatic rings. The third-order valence-electron chi connectivity index (χ3n) is 6.31. The lowest BCUT2D eigenvalue weighted by molar-refractivity contribution is -0.119. The number of anilines is 1. The fraction of sp³-hybridized carbons (Fsp3) is 0.360. The van der Waals surface area contributed by atoms with E-state index in [0.29, 0.717) is 29.3 Å². The lowest BCUT2D eigenvalue weighted by Gasteiger charge is -2.26. The Labute approximate surface area is 209 Å². The highest BCUT2D eigenvalue weighted by molar-refractivity contribution is 7.22. The van der Waals surface area contributed by atoms with Crippen LogP contribution >= 0.6 is 23.7 Å². The van der Waals surface area contributed by atoms with Crippen molar-refractivity contribution in [3.8, 4) is 0 Å². The Hall–Kier alpha value is -2.81. The minimum absolute atomic E-state index is 0. The van der Waals surface area contributed by atoms with Gasteiger partial charge in [0.05, 0.1) is 21.3 Å². The highest BCUT2D eigenvalue weighted by atomic mass is 35.5. The van der Waals surface area contributed by atoms with Crippen LogP contribution in [-0.4, -0.2) is 65.2 Å². The van der Waals surface area contributed by atoms with Crippen LogP contribution < -0.4 is 4.90 Å². The van der Waals surface area contributed by atoms with Gasteiger partial charge in [-0.3, -0.25) is 24.2 Å². The molecule has 0 fully saturated rings. The number of nitrogens with zero attached hydrogens (tertiary/aromatic N) is 4. The SMILES string of the molecule is CCN(CC)CCN(C(=O)CN1C(=O)c2ccccc2C1=O)c1nc2c(C)c(C)ccc2s1.Cl. The molecule has 1 aliphatic heterocycles. The third-order valence-corrected chi connectivity index (χ3v) is 7.35. The molecule has 7 nitrogen and oxygen atoms in total. The first-order valence-corrected chi connectivity index (χ1v) is 12.0. The first-order valence-electron chi connectivity index (χ1n) is 11.2. The van der Waals surface area contributed by atoms with Crippen molar-refractivity contribution in [2.45, 2.75) is 27.7 Å². The molecule has 0 saturated carbocycles. The van der Waals surface area contributed by atoms with Gasteiger partial charge in [0.1, 0.15) is 6.54 Å². The first-order chi connectivity index (χ1) is 15.8. The Morgan fingerprint density at radius 3 is 2.18 bits per heavy atom. The molecule has 0 spiro atoms. The Morgan fingerprint density at radius 1 is 0.971 bits per heavy atom. The van der Waals surface area contributed by atoms with Crippen molar-refractivity contribution in [2.75, 3.05) is 37.6 Å². The largest absolute Gasteiger partial charge is 0.302 e. The summed E-state index contributed by atoms with van der Waals surface area (Å²) in [6.07, 6.45) is 0. The van der Waals surface area contributed by atoms with Crippen molar-refractivity contribution in [3.63, 3.8) is 0 Å². The molecule has 2 heterocycles. The van der Waals surface area contributed by atoms with Crippen LogP contribution in [-0.2, 0) is 4.79 Å². The number of hydrogen-bond acceptors (Lipinski definition) is 6. The summed E-state index contributed by atoms with van der Waals surface area (Å²) >= 11 is 1.46. The lowest BCUT2D eigenvalue weighted by atomic mass is 10.1. The predicted octanol–water partition coefficient (Wildman–Crippen LogP) is 4.31. The van der Waals surface area contributed by atoms with E-state index in [1.807, 2.05) is 19.9 Å². The molecular formula is C25H29ClN4O3S. The van der Waals surface area contributed by atoms with Crippen LogP contribution in [0.15, 0.2) is 36.4 Å². The van der Waals surface area contributed by atoms with Gasteiger partial charge in [0, 0.05) is 13.1 Å². The van der Waals surface area contributed by atoms with Crippen LogP contribution in [0.25, 0.3) is 10.2 Å². The molecule has 4 rings (SSSR count). The maximum Gasteiger partial charge on any atom is 0.262 e. The number of rotatable bonds is 8. The lowest BCUT2D eigenvalue weighted by Crippen LogP contribution is -2.45. The van der Waals surface area contributed by atoms with E-state index < -0.39 is 11.8 Å². The second-order valence-electron chi connectivity index (χ2n) is 8.16. The fourth-order valence-corrected chi connectivity index (χ4v) is 5.11. The monoisotopic (exact) mass is 500 g/mol. The van der Waals surface area contributed by atoms with Gasteiger partial charge in [0.15, 0.2) is 5.13 Å². The molecule has 3 aromatic rings. The van der Waals surface area contributed by atoms with Gasteiger partial charge in [-0.05, 0) is 56.3 Å². The maximum atomic E-state index is 13.5. The summed E-state index contributed by atoms with van der Waals surface area (Å²) < 4.78 is 1.01. The number of aromatic nitrogens is 1. The van der Waals surface area contributed by atoms with Gasteiger partial charge in [-0.2, -0.15) is 0 Å². The second-order valence-corrected chi connectivity index (χ2v) is 9.17. The number of amides is 3. The molecule has 0 unspecified atom stereocenters. The van der Waals surface area contributed by atoms with Crippen LogP contribution in [0.4, 0.5) is 5.13 Å². The molecular weight excluding hydrogens is 472 g/mol. The molecule has 0 atom stereocenters. The van der Waals surface area contributed by atoms with Crippen molar-refractivity contribution in [3.05, 3.63) is 58.7 Å². The zero-order chi connectivity index (χ0) is 23.7. The third kappa shape index (κ3) is 4.71. The van der Waals surface area contributed by atoms with E-state index in [4.69, 9.17) is 4.98 Å². The quantitative estimate of drug-likeness (QED) is 0.431. The molecule has 0 bridgehead atoms. The summed E-state index contributed by atoms with van der Waals surface area (Å²) in [5, 5.41) is 0.590. The van der Waals surface area contributed by atoms with Gasteiger partial charge in [0.25, 0.3) is 11.8 Å². The molecule has 0 saturated heterocycles. The molecule has 0 radical (unpaired) electrons. The second kappa shape index (κ2) is 10.6. The van der Waals surface area contributed by atoms with Crippen molar-refractivity contribution in [1.29, 1.82) is 0 Å². The van der Waals surface area contributed by atoms with Crippen molar-refractivity contribution < 1.29 is 14.4 Å². The van der Waals surface area contributed by atoms with Gasteiger partial charge in [-0.25, -0.2) is 4.98 Å². The van der Waals surface area contributed by atoms with Gasteiger partial charge < -0.3 is 4.90 Å². The minimum Gasteiger partial charge on any atom is -0.302 e. The molecule has 0 aliphatic carbocycles. The van der Waals surface area contributed by atoms with Crippen LogP contribution in [0.2, 0.25) is 0 Å². The Morgan fingerprint density at radius 2 is 1.59 bits per heavy atom. The molecule has 2 aromatic carbocycles. The topological polar surface area (TPSA) is 73.8 Å².